The molecule has 2 aromatic rings. The van der Waals surface area contributed by atoms with E-state index in [0.717, 1.165) is 20.7 Å². The molecule has 0 saturated heterocycles. The van der Waals surface area contributed by atoms with Crippen LogP contribution in [0.25, 0.3) is 10.6 Å². The van der Waals surface area contributed by atoms with Crippen molar-refractivity contribution < 1.29 is 4.79 Å². The predicted octanol–water partition coefficient (Wildman–Crippen LogP) is 4.74. The van der Waals surface area contributed by atoms with Gasteiger partial charge in [-0.3, -0.25) is 4.79 Å². The fourth-order valence-electron chi connectivity index (χ4n) is 1.50. The van der Waals surface area contributed by atoms with Gasteiger partial charge in [0.2, 0.25) is 0 Å². The fraction of sp³-hybridized carbons (Fsp3) is 0.167. The minimum Gasteiger partial charge on any atom is -0.294 e. The standard InChI is InChI=1S/C12H9BrClNOS/c1-6-11(7(2)16)17-12(15-6)9-5-8(13)3-4-10(9)14/h3-5H,1-2H3. The van der Waals surface area contributed by atoms with Crippen molar-refractivity contribution in [1.82, 2.24) is 4.98 Å². The molecule has 0 atom stereocenters. The Morgan fingerprint density at radius 2 is 2.18 bits per heavy atom. The molecule has 5 heteroatoms. The number of halogens is 2. The number of Topliss-reactive ketones (excluding diaryl/α,β-unsaturated/α-hetero) is 1. The van der Waals surface area contributed by atoms with Crippen LogP contribution < -0.4 is 0 Å². The maximum absolute atomic E-state index is 11.4. The zero-order valence-electron chi connectivity index (χ0n) is 9.25. The molecule has 1 aromatic carbocycles. The summed E-state index contributed by atoms with van der Waals surface area (Å²) in [6.07, 6.45) is 0. The van der Waals surface area contributed by atoms with Crippen molar-refractivity contribution in [3.05, 3.63) is 38.3 Å². The van der Waals surface area contributed by atoms with Gasteiger partial charge in [0.1, 0.15) is 5.01 Å². The first-order valence-corrected chi connectivity index (χ1v) is 6.91. The molecule has 0 fully saturated rings. The topological polar surface area (TPSA) is 30.0 Å². The lowest BCUT2D eigenvalue weighted by Crippen LogP contribution is -1.89. The van der Waals surface area contributed by atoms with Gasteiger partial charge in [-0.1, -0.05) is 27.5 Å². The minimum atomic E-state index is 0.0392. The number of aromatic nitrogens is 1. The smallest absolute Gasteiger partial charge is 0.171 e. The summed E-state index contributed by atoms with van der Waals surface area (Å²) in [6.45, 7) is 3.38. The molecule has 17 heavy (non-hydrogen) atoms. The molecule has 0 aliphatic carbocycles. The fourth-order valence-corrected chi connectivity index (χ4v) is 3.12. The van der Waals surface area contributed by atoms with Gasteiger partial charge in [0.15, 0.2) is 5.78 Å². The second-order valence-corrected chi connectivity index (χ2v) is 5.94. The van der Waals surface area contributed by atoms with Crippen LogP contribution >= 0.6 is 38.9 Å². The largest absolute Gasteiger partial charge is 0.294 e. The van der Waals surface area contributed by atoms with E-state index >= 15 is 0 Å². The van der Waals surface area contributed by atoms with Crippen LogP contribution in [0.5, 0.6) is 0 Å². The number of aryl methyl sites for hydroxylation is 1. The Morgan fingerprint density at radius 3 is 2.76 bits per heavy atom. The van der Waals surface area contributed by atoms with Crippen molar-refractivity contribution in [2.75, 3.05) is 0 Å². The first-order chi connectivity index (χ1) is 7.99. The van der Waals surface area contributed by atoms with Gasteiger partial charge in [-0.15, -0.1) is 11.3 Å². The third kappa shape index (κ3) is 2.59. The van der Waals surface area contributed by atoms with Crippen LogP contribution in [0.2, 0.25) is 5.02 Å². The SMILES string of the molecule is CC(=O)c1sc(-c2cc(Br)ccc2Cl)nc1C. The van der Waals surface area contributed by atoms with Crippen molar-refractivity contribution in [1.29, 1.82) is 0 Å². The molecule has 2 rings (SSSR count). The van der Waals surface area contributed by atoms with Crippen LogP contribution in [0.4, 0.5) is 0 Å². The number of nitrogens with zero attached hydrogens (tertiary/aromatic N) is 1. The van der Waals surface area contributed by atoms with Gasteiger partial charge < -0.3 is 0 Å². The molecule has 0 radical (unpaired) electrons. The summed E-state index contributed by atoms with van der Waals surface area (Å²) in [5.74, 6) is 0.0392. The molecule has 0 bridgehead atoms. The Morgan fingerprint density at radius 1 is 1.47 bits per heavy atom. The maximum Gasteiger partial charge on any atom is 0.171 e. The first kappa shape index (κ1) is 12.7. The molecular weight excluding hydrogens is 322 g/mol. The van der Waals surface area contributed by atoms with Gasteiger partial charge >= 0.3 is 0 Å². The lowest BCUT2D eigenvalue weighted by molar-refractivity contribution is 0.102. The van der Waals surface area contributed by atoms with E-state index in [1.165, 1.54) is 11.3 Å². The van der Waals surface area contributed by atoms with Crippen molar-refractivity contribution in [3.8, 4) is 10.6 Å². The number of carbonyl (C=O) groups excluding carboxylic acids is 1. The molecule has 2 nitrogen and oxygen atoms in total. The Balaban J connectivity index is 2.57. The molecule has 0 aliphatic rings. The Kier molecular flexibility index (Phi) is 3.66. The van der Waals surface area contributed by atoms with Gasteiger partial charge in [-0.05, 0) is 25.1 Å². The number of ketones is 1. The van der Waals surface area contributed by atoms with E-state index in [9.17, 15) is 4.79 Å². The highest BCUT2D eigenvalue weighted by Crippen LogP contribution is 2.34. The third-order valence-electron chi connectivity index (χ3n) is 2.28. The number of benzene rings is 1. The summed E-state index contributed by atoms with van der Waals surface area (Å²) in [7, 11) is 0. The molecule has 0 amide bonds. The van der Waals surface area contributed by atoms with Crippen LogP contribution in [0.1, 0.15) is 22.3 Å². The van der Waals surface area contributed by atoms with E-state index in [4.69, 9.17) is 11.6 Å². The molecule has 0 aliphatic heterocycles. The number of rotatable bonds is 2. The van der Waals surface area contributed by atoms with Crippen molar-refractivity contribution >= 4 is 44.7 Å². The van der Waals surface area contributed by atoms with E-state index in [-0.39, 0.29) is 5.78 Å². The first-order valence-electron chi connectivity index (χ1n) is 4.93. The van der Waals surface area contributed by atoms with Gasteiger partial charge in [0.05, 0.1) is 15.6 Å². The van der Waals surface area contributed by atoms with E-state index < -0.39 is 0 Å². The van der Waals surface area contributed by atoms with Crippen LogP contribution in [0, 0.1) is 6.92 Å². The number of hydrogen-bond acceptors (Lipinski definition) is 3. The van der Waals surface area contributed by atoms with E-state index in [1.807, 2.05) is 25.1 Å². The summed E-state index contributed by atoms with van der Waals surface area (Å²) in [6, 6.07) is 5.59. The zero-order chi connectivity index (χ0) is 12.6. The molecule has 0 saturated carbocycles. The lowest BCUT2D eigenvalue weighted by Gasteiger charge is -2.00. The van der Waals surface area contributed by atoms with E-state index in [2.05, 4.69) is 20.9 Å². The predicted molar refractivity (Wildman–Crippen MR) is 75.0 cm³/mol. The normalized spacial score (nSPS) is 10.6. The molecular formula is C12H9BrClNOS. The van der Waals surface area contributed by atoms with Gasteiger partial charge in [0, 0.05) is 17.0 Å². The maximum atomic E-state index is 11.4. The summed E-state index contributed by atoms with van der Waals surface area (Å²) >= 11 is 10.9. The summed E-state index contributed by atoms with van der Waals surface area (Å²) in [5, 5.41) is 1.41. The van der Waals surface area contributed by atoms with Crippen molar-refractivity contribution in [3.63, 3.8) is 0 Å². The van der Waals surface area contributed by atoms with Gasteiger partial charge in [-0.2, -0.15) is 0 Å². The van der Waals surface area contributed by atoms with Crippen LogP contribution in [-0.4, -0.2) is 10.8 Å². The van der Waals surface area contributed by atoms with Gasteiger partial charge in [0.25, 0.3) is 0 Å². The Labute approximate surface area is 117 Å². The number of hydrogen-bond donors (Lipinski definition) is 0. The highest BCUT2D eigenvalue weighted by Gasteiger charge is 2.14. The van der Waals surface area contributed by atoms with Crippen LogP contribution in [-0.2, 0) is 0 Å². The van der Waals surface area contributed by atoms with Crippen molar-refractivity contribution in [2.24, 2.45) is 0 Å². The van der Waals surface area contributed by atoms with Gasteiger partial charge in [-0.25, -0.2) is 4.98 Å². The number of thiazole rings is 1. The average Bonchev–Trinajstić information content (AvgIpc) is 2.64. The summed E-state index contributed by atoms with van der Waals surface area (Å²) in [5.41, 5.74) is 1.61. The molecule has 0 N–H and O–H groups in total. The Bertz CT molecular complexity index is 594. The summed E-state index contributed by atoms with van der Waals surface area (Å²) < 4.78 is 0.939. The monoisotopic (exact) mass is 329 g/mol. The lowest BCUT2D eigenvalue weighted by atomic mass is 10.2. The molecule has 0 spiro atoms. The quantitative estimate of drug-likeness (QED) is 0.745. The summed E-state index contributed by atoms with van der Waals surface area (Å²) in [4.78, 5) is 16.5. The van der Waals surface area contributed by atoms with E-state index in [1.54, 1.807) is 6.92 Å². The average molecular weight is 331 g/mol. The highest BCUT2D eigenvalue weighted by atomic mass is 79.9. The zero-order valence-corrected chi connectivity index (χ0v) is 12.4. The minimum absolute atomic E-state index is 0.0392. The molecule has 88 valence electrons. The molecule has 1 heterocycles. The second kappa shape index (κ2) is 4.88. The van der Waals surface area contributed by atoms with Crippen LogP contribution in [0.15, 0.2) is 22.7 Å². The molecule has 0 unspecified atom stereocenters. The molecule has 1 aromatic heterocycles. The Hall–Kier alpha value is -0.710. The van der Waals surface area contributed by atoms with Crippen LogP contribution in [0.3, 0.4) is 0 Å². The van der Waals surface area contributed by atoms with Crippen molar-refractivity contribution in [2.45, 2.75) is 13.8 Å². The van der Waals surface area contributed by atoms with E-state index in [0.29, 0.717) is 9.90 Å². The number of carbonyl (C=O) groups is 1. The third-order valence-corrected chi connectivity index (χ3v) is 4.39. The highest BCUT2D eigenvalue weighted by molar-refractivity contribution is 9.10. The second-order valence-electron chi connectivity index (χ2n) is 3.61.